The first kappa shape index (κ1) is 19.2. The number of benzene rings is 3. The van der Waals surface area contributed by atoms with E-state index >= 15 is 0 Å². The number of carbonyl (C=O) groups is 2. The Morgan fingerprint density at radius 2 is 1.55 bits per heavy atom. The molecule has 4 rings (SSSR count). The third kappa shape index (κ3) is 4.01. The number of nitrogens with zero attached hydrogens (tertiary/aromatic N) is 1. The molecule has 7 heteroatoms. The Kier molecular flexibility index (Phi) is 5.34. The summed E-state index contributed by atoms with van der Waals surface area (Å²) in [6.07, 6.45) is 1.36. The lowest BCUT2D eigenvalue weighted by molar-refractivity contribution is -0.119. The van der Waals surface area contributed by atoms with Gasteiger partial charge >= 0.3 is 5.97 Å². The molecule has 1 amide bonds. The average molecular weight is 425 g/mol. The van der Waals surface area contributed by atoms with E-state index in [0.717, 1.165) is 21.5 Å². The van der Waals surface area contributed by atoms with Crippen molar-refractivity contribution in [2.24, 2.45) is 0 Å². The zero-order valence-corrected chi connectivity index (χ0v) is 16.5. The smallest absolute Gasteiger partial charge is 0.339 e. The second-order valence-electron chi connectivity index (χ2n) is 6.30. The number of halogens is 2. The molecule has 0 saturated carbocycles. The highest BCUT2D eigenvalue weighted by Crippen LogP contribution is 2.29. The summed E-state index contributed by atoms with van der Waals surface area (Å²) in [5.74, 6) is -0.990. The van der Waals surface area contributed by atoms with E-state index < -0.39 is 18.5 Å². The van der Waals surface area contributed by atoms with Crippen LogP contribution in [0.2, 0.25) is 10.0 Å². The topological polar surface area (TPSA) is 68.3 Å². The number of hydrogen-bond acceptors (Lipinski definition) is 4. The summed E-state index contributed by atoms with van der Waals surface area (Å²) in [5, 5.41) is 6.40. The third-order valence-electron chi connectivity index (χ3n) is 4.38. The zero-order chi connectivity index (χ0) is 20.4. The number of pyridine rings is 1. The number of rotatable bonds is 4. The van der Waals surface area contributed by atoms with Crippen LogP contribution in [-0.2, 0) is 9.53 Å². The molecule has 0 bridgehead atoms. The molecule has 144 valence electrons. The number of esters is 1. The second kappa shape index (κ2) is 8.07. The van der Waals surface area contributed by atoms with Crippen molar-refractivity contribution in [3.63, 3.8) is 0 Å². The maximum Gasteiger partial charge on any atom is 0.339 e. The van der Waals surface area contributed by atoms with Crippen LogP contribution < -0.4 is 5.32 Å². The number of nitrogens with one attached hydrogen (secondary N) is 1. The number of aromatic nitrogens is 1. The SMILES string of the molecule is O=C(COC(=O)c1c2ccccc2cc2ccccc12)Nc1ncc(Cl)cc1Cl. The Balaban J connectivity index is 1.58. The number of carbonyl (C=O) groups excluding carboxylic acids is 2. The van der Waals surface area contributed by atoms with E-state index in [-0.39, 0.29) is 10.8 Å². The van der Waals surface area contributed by atoms with Crippen molar-refractivity contribution in [1.29, 1.82) is 0 Å². The number of amides is 1. The summed E-state index contributed by atoms with van der Waals surface area (Å²) in [6, 6.07) is 18.6. The van der Waals surface area contributed by atoms with Gasteiger partial charge in [-0.2, -0.15) is 0 Å². The first-order valence-electron chi connectivity index (χ1n) is 8.71. The quantitative estimate of drug-likeness (QED) is 0.347. The Labute approximate surface area is 176 Å². The molecular formula is C22H14Cl2N2O3. The molecule has 0 atom stereocenters. The lowest BCUT2D eigenvalue weighted by Crippen LogP contribution is -2.21. The Morgan fingerprint density at radius 3 is 2.17 bits per heavy atom. The minimum Gasteiger partial charge on any atom is -0.452 e. The maximum absolute atomic E-state index is 12.9. The summed E-state index contributed by atoms with van der Waals surface area (Å²) in [7, 11) is 0. The minimum atomic E-state index is -0.580. The fraction of sp³-hybridized carbons (Fsp3) is 0.0455. The van der Waals surface area contributed by atoms with E-state index in [1.54, 1.807) is 0 Å². The molecule has 0 fully saturated rings. The number of anilines is 1. The van der Waals surface area contributed by atoms with Crippen molar-refractivity contribution in [3.8, 4) is 0 Å². The normalized spacial score (nSPS) is 10.8. The molecule has 0 unspecified atom stereocenters. The molecule has 29 heavy (non-hydrogen) atoms. The lowest BCUT2D eigenvalue weighted by Gasteiger charge is -2.11. The molecule has 0 spiro atoms. The standard InChI is InChI=1S/C22H14Cl2N2O3/c23-15-10-18(24)21(25-11-15)26-19(27)12-29-22(28)20-16-7-3-1-5-13(16)9-14-6-2-4-8-17(14)20/h1-11H,12H2,(H,25,26,27). The van der Waals surface area contributed by atoms with Gasteiger partial charge in [-0.05, 0) is 33.7 Å². The van der Waals surface area contributed by atoms with E-state index in [1.165, 1.54) is 12.3 Å². The van der Waals surface area contributed by atoms with Crippen molar-refractivity contribution in [1.82, 2.24) is 4.98 Å². The van der Waals surface area contributed by atoms with Gasteiger partial charge in [0.05, 0.1) is 15.6 Å². The number of fused-ring (bicyclic) bond motifs is 2. The summed E-state index contributed by atoms with van der Waals surface area (Å²) >= 11 is 11.8. The van der Waals surface area contributed by atoms with Gasteiger partial charge in [-0.1, -0.05) is 71.7 Å². The molecule has 0 aliphatic carbocycles. The van der Waals surface area contributed by atoms with Crippen molar-refractivity contribution < 1.29 is 14.3 Å². The molecule has 0 aliphatic heterocycles. The fourth-order valence-electron chi connectivity index (χ4n) is 3.11. The summed E-state index contributed by atoms with van der Waals surface area (Å²) < 4.78 is 5.29. The maximum atomic E-state index is 12.9. The number of hydrogen-bond donors (Lipinski definition) is 1. The van der Waals surface area contributed by atoms with Crippen molar-refractivity contribution in [3.05, 3.63) is 82.5 Å². The van der Waals surface area contributed by atoms with Crippen LogP contribution in [0.25, 0.3) is 21.5 Å². The van der Waals surface area contributed by atoms with Crippen LogP contribution in [0.5, 0.6) is 0 Å². The molecule has 1 aromatic heterocycles. The van der Waals surface area contributed by atoms with Gasteiger partial charge in [0.25, 0.3) is 5.91 Å². The largest absolute Gasteiger partial charge is 0.452 e. The van der Waals surface area contributed by atoms with Crippen molar-refractivity contribution >= 4 is 62.4 Å². The molecule has 4 aromatic rings. The fourth-order valence-corrected chi connectivity index (χ4v) is 3.54. The first-order chi connectivity index (χ1) is 14.0. The van der Waals surface area contributed by atoms with E-state index in [1.807, 2.05) is 54.6 Å². The lowest BCUT2D eigenvalue weighted by atomic mass is 9.97. The number of ether oxygens (including phenoxy) is 1. The van der Waals surface area contributed by atoms with E-state index in [0.29, 0.717) is 10.6 Å². The monoisotopic (exact) mass is 424 g/mol. The molecule has 0 aliphatic rings. The van der Waals surface area contributed by atoms with Gasteiger partial charge in [0.15, 0.2) is 12.4 Å². The first-order valence-corrected chi connectivity index (χ1v) is 9.47. The van der Waals surface area contributed by atoms with Crippen LogP contribution in [0.4, 0.5) is 5.82 Å². The van der Waals surface area contributed by atoms with Crippen LogP contribution in [0.15, 0.2) is 66.9 Å². The predicted molar refractivity (Wildman–Crippen MR) is 115 cm³/mol. The Morgan fingerprint density at radius 1 is 0.931 bits per heavy atom. The van der Waals surface area contributed by atoms with Gasteiger partial charge in [0, 0.05) is 6.20 Å². The summed E-state index contributed by atoms with van der Waals surface area (Å²) in [4.78, 5) is 29.0. The van der Waals surface area contributed by atoms with Crippen LogP contribution in [-0.4, -0.2) is 23.5 Å². The Bertz CT molecular complexity index is 1200. The summed E-state index contributed by atoms with van der Waals surface area (Å²) in [5.41, 5.74) is 0.425. The molecular weight excluding hydrogens is 411 g/mol. The predicted octanol–water partition coefficient (Wildman–Crippen LogP) is 5.49. The molecule has 1 N–H and O–H groups in total. The van der Waals surface area contributed by atoms with Crippen molar-refractivity contribution in [2.75, 3.05) is 11.9 Å². The average Bonchev–Trinajstić information content (AvgIpc) is 2.72. The zero-order valence-electron chi connectivity index (χ0n) is 15.0. The van der Waals surface area contributed by atoms with Crippen LogP contribution >= 0.6 is 23.2 Å². The van der Waals surface area contributed by atoms with Gasteiger partial charge < -0.3 is 10.1 Å². The van der Waals surface area contributed by atoms with Crippen molar-refractivity contribution in [2.45, 2.75) is 0 Å². The van der Waals surface area contributed by atoms with Gasteiger partial charge in [0.1, 0.15) is 0 Å². The second-order valence-corrected chi connectivity index (χ2v) is 7.15. The minimum absolute atomic E-state index is 0.146. The van der Waals surface area contributed by atoms with Gasteiger partial charge in [-0.15, -0.1) is 0 Å². The molecule has 1 heterocycles. The van der Waals surface area contributed by atoms with Gasteiger partial charge in [-0.25, -0.2) is 9.78 Å². The third-order valence-corrected chi connectivity index (χ3v) is 4.87. The van der Waals surface area contributed by atoms with Crippen LogP contribution in [0.1, 0.15) is 10.4 Å². The molecule has 5 nitrogen and oxygen atoms in total. The highest BCUT2D eigenvalue weighted by molar-refractivity contribution is 6.36. The van der Waals surface area contributed by atoms with Gasteiger partial charge in [-0.3, -0.25) is 4.79 Å². The van der Waals surface area contributed by atoms with Crippen LogP contribution in [0.3, 0.4) is 0 Å². The van der Waals surface area contributed by atoms with E-state index in [4.69, 9.17) is 27.9 Å². The summed E-state index contributed by atoms with van der Waals surface area (Å²) in [6.45, 7) is -0.475. The van der Waals surface area contributed by atoms with E-state index in [2.05, 4.69) is 10.3 Å². The Hall–Kier alpha value is -3.15. The molecule has 0 saturated heterocycles. The van der Waals surface area contributed by atoms with E-state index in [9.17, 15) is 9.59 Å². The molecule has 3 aromatic carbocycles. The van der Waals surface area contributed by atoms with Crippen LogP contribution in [0, 0.1) is 0 Å². The highest BCUT2D eigenvalue weighted by Gasteiger charge is 2.18. The van der Waals surface area contributed by atoms with Gasteiger partial charge in [0.2, 0.25) is 0 Å². The molecule has 0 radical (unpaired) electrons. The highest BCUT2D eigenvalue weighted by atomic mass is 35.5.